The standard InChI is InChI=1S/C68H97NO25/c1-30-14-18-48(89-56-29-66(11,69(80)81)43(34(5)83-56)25-51(74)82-13)31(2)23-44-46(72)24-40(64(77)78)28-68(44)63(76)57(65(79)94-68)62(75)67(12)42(30)16-15-41-58(67)32(3)22-33(4)59(41)93-55-27-50(61(38(9)87-55)88-39(10)70)91-52-21-19-49(36(7)85-52)90-54-26-47(73)60(37(8)86-54)92-53-20-17-45(71)35(6)84-53/h14-16,23-24,32-38,41-50,52-56,58-61,71-73,75H,17-22,25-29H2,1-13H3,(H,77,78)/b30-14+,31-23+,62-57+/t32-,33-,34+,35-,36-,37-,38-,41-,42-,43-,44+,45+,46-,47+,48-,49?,50+,52-,53-,54-,55-,56-,58+,59-,60?,61-,66-,67+,68?/m0/s1. The molecular formula is C68H97NO25. The van der Waals surface area contributed by atoms with Gasteiger partial charge in [-0.3, -0.25) is 24.5 Å². The molecule has 0 aromatic heterocycles. The lowest BCUT2D eigenvalue weighted by Crippen LogP contribution is -2.57. The number of rotatable bonds is 15. The van der Waals surface area contributed by atoms with Crippen LogP contribution in [0.4, 0.5) is 0 Å². The van der Waals surface area contributed by atoms with E-state index >= 15 is 4.79 Å². The summed E-state index contributed by atoms with van der Waals surface area (Å²) in [7, 11) is 1.20. The normalized spacial score (nSPS) is 47.8. The summed E-state index contributed by atoms with van der Waals surface area (Å²) in [6.07, 6.45) is -4.97. The molecule has 4 aliphatic carbocycles. The van der Waals surface area contributed by atoms with Gasteiger partial charge in [-0.15, -0.1) is 0 Å². The molecule has 29 atom stereocenters. The number of nitro groups is 1. The van der Waals surface area contributed by atoms with Gasteiger partial charge in [0.05, 0.1) is 98.9 Å². The number of aliphatic hydroxyl groups is 4. The highest BCUT2D eigenvalue weighted by Crippen LogP contribution is 2.61. The first-order chi connectivity index (χ1) is 44.3. The minimum atomic E-state index is -2.36. The number of ether oxygens (including phenoxy) is 13. The Morgan fingerprint density at radius 1 is 0.702 bits per heavy atom. The Kier molecular flexibility index (Phi) is 21.7. The van der Waals surface area contributed by atoms with Crippen LogP contribution in [0, 0.1) is 57.0 Å². The van der Waals surface area contributed by atoms with Gasteiger partial charge in [0.15, 0.2) is 43.2 Å². The Balaban J connectivity index is 0.910. The molecule has 26 nitrogen and oxygen atoms in total. The van der Waals surface area contributed by atoms with E-state index in [0.29, 0.717) is 43.3 Å². The number of esters is 3. The number of ketones is 1. The van der Waals surface area contributed by atoms with Gasteiger partial charge in [-0.2, -0.15) is 0 Å². The first-order valence-electron chi connectivity index (χ1n) is 33.4. The van der Waals surface area contributed by atoms with E-state index in [4.69, 9.17) is 61.6 Å². The highest BCUT2D eigenvalue weighted by Gasteiger charge is 2.65. The topological polar surface area (TPSA) is 350 Å². The Morgan fingerprint density at radius 2 is 1.33 bits per heavy atom. The molecule has 6 saturated heterocycles. The van der Waals surface area contributed by atoms with Crippen molar-refractivity contribution in [1.29, 1.82) is 0 Å². The van der Waals surface area contributed by atoms with Crippen molar-refractivity contribution in [2.75, 3.05) is 7.11 Å². The fourth-order valence-electron chi connectivity index (χ4n) is 17.2. The zero-order chi connectivity index (χ0) is 68.4. The highest BCUT2D eigenvalue weighted by molar-refractivity contribution is 6.26. The van der Waals surface area contributed by atoms with Crippen LogP contribution in [0.3, 0.4) is 0 Å². The van der Waals surface area contributed by atoms with Crippen LogP contribution in [0.1, 0.15) is 154 Å². The van der Waals surface area contributed by atoms with Crippen LogP contribution in [0.25, 0.3) is 0 Å². The monoisotopic (exact) mass is 1330 g/mol. The molecule has 524 valence electrons. The third-order valence-corrected chi connectivity index (χ3v) is 22.2. The molecule has 1 saturated carbocycles. The zero-order valence-corrected chi connectivity index (χ0v) is 56.0. The Hall–Kier alpha value is -5.07. The van der Waals surface area contributed by atoms with Gasteiger partial charge in [0.2, 0.25) is 11.3 Å². The Morgan fingerprint density at radius 3 is 1.98 bits per heavy atom. The molecule has 0 amide bonds. The second-order valence-electron chi connectivity index (χ2n) is 28.6. The van der Waals surface area contributed by atoms with Crippen LogP contribution in [0.15, 0.2) is 58.4 Å². The maximum absolute atomic E-state index is 15.6. The molecule has 3 unspecified atom stereocenters. The Bertz CT molecular complexity index is 3010. The third-order valence-electron chi connectivity index (χ3n) is 22.2. The predicted molar refractivity (Wildman–Crippen MR) is 328 cm³/mol. The summed E-state index contributed by atoms with van der Waals surface area (Å²) in [5.74, 6) is -9.97. The molecule has 6 heterocycles. The number of carbonyl (C=O) groups is 5. The number of hydrogen-bond acceptors (Lipinski definition) is 24. The number of hydrogen-bond donors (Lipinski definition) is 5. The number of carboxylic acids is 1. The zero-order valence-electron chi connectivity index (χ0n) is 56.0. The van der Waals surface area contributed by atoms with E-state index in [1.54, 1.807) is 41.5 Å². The van der Waals surface area contributed by atoms with Gasteiger partial charge in [-0.25, -0.2) is 9.59 Å². The lowest BCUT2D eigenvalue weighted by Gasteiger charge is -2.56. The molecule has 26 heteroatoms. The second kappa shape index (κ2) is 28.4. The lowest BCUT2D eigenvalue weighted by atomic mass is 9.49. The van der Waals surface area contributed by atoms with Gasteiger partial charge in [-0.05, 0) is 104 Å². The number of carbonyl (C=O) groups excluding carboxylic acids is 4. The molecule has 0 aromatic carbocycles. The summed E-state index contributed by atoms with van der Waals surface area (Å²) < 4.78 is 81.6. The number of fused-ring (bicyclic) bond motifs is 4. The van der Waals surface area contributed by atoms with Gasteiger partial charge in [0.25, 0.3) is 0 Å². The number of methoxy groups -OCH3 is 1. The van der Waals surface area contributed by atoms with Crippen molar-refractivity contribution in [3.63, 3.8) is 0 Å². The van der Waals surface area contributed by atoms with E-state index in [2.05, 4.69) is 6.92 Å². The van der Waals surface area contributed by atoms with Gasteiger partial charge < -0.3 is 87.1 Å². The van der Waals surface area contributed by atoms with Crippen LogP contribution < -0.4 is 0 Å². The Labute approximate surface area is 548 Å². The minimum absolute atomic E-state index is 0.0858. The third kappa shape index (κ3) is 14.0. The van der Waals surface area contributed by atoms with Crippen molar-refractivity contribution in [3.8, 4) is 0 Å². The molecule has 5 N–H and O–H groups in total. The number of nitrogens with zero attached hydrogens (tertiary/aromatic N) is 1. The van der Waals surface area contributed by atoms with Gasteiger partial charge in [0, 0.05) is 73.7 Å². The molecule has 94 heavy (non-hydrogen) atoms. The second-order valence-corrected chi connectivity index (χ2v) is 28.6. The van der Waals surface area contributed by atoms with Crippen molar-refractivity contribution in [3.05, 3.63) is 68.5 Å². The van der Waals surface area contributed by atoms with Crippen LogP contribution in [0.5, 0.6) is 0 Å². The number of aliphatic carboxylic acids is 1. The van der Waals surface area contributed by atoms with Crippen LogP contribution in [-0.2, 0) is 85.6 Å². The van der Waals surface area contributed by atoms with Crippen LogP contribution >= 0.6 is 0 Å². The highest BCUT2D eigenvalue weighted by atomic mass is 16.8. The van der Waals surface area contributed by atoms with Crippen molar-refractivity contribution >= 4 is 29.7 Å². The molecule has 7 fully saturated rings. The summed E-state index contributed by atoms with van der Waals surface area (Å²) in [4.78, 5) is 80.9. The number of aliphatic hydroxyl groups excluding tert-OH is 4. The van der Waals surface area contributed by atoms with Crippen molar-refractivity contribution in [2.45, 2.75) is 282 Å². The fraction of sp³-hybridized carbons (Fsp3) is 0.779. The summed E-state index contributed by atoms with van der Waals surface area (Å²) in [6.45, 7) is 21.0. The first kappa shape index (κ1) is 71.7. The molecule has 1 spiro atoms. The molecule has 0 radical (unpaired) electrons. The maximum atomic E-state index is 15.6. The molecular weight excluding hydrogens is 1230 g/mol. The van der Waals surface area contributed by atoms with Crippen LogP contribution in [-0.4, -0.2) is 195 Å². The SMILES string of the molecule is COC(=O)C[C@H]1[C@@H](C)O[C@@H](O[C@H]2C/C=C(\C)[C@@H]3C=C[C@@H]4[C@@H](O[C@H]5C[C@@H](O[C@H]6CCC(O[C@H]7C[C@@H](O)C(O[C@H]8CC[C@@H](O)[C@H](C)O8)[C@H](C)O7)[C@H](C)O6)[C@@H](OC(C)=O)[C@H](C)O5)[C@@H](C)C[C@H](C)[C@H]4[C@]3(C)/C(O)=C3\C(=O)OC4(CC(C(=O)O)=C[C@H](O)[C@H]4/C=C/2C)C3=O)C[C@]1(C)[N+](=O)[O-]. The van der Waals surface area contributed by atoms with Crippen molar-refractivity contribution in [1.82, 2.24) is 0 Å². The molecule has 10 rings (SSSR count). The van der Waals surface area contributed by atoms with Gasteiger partial charge >= 0.3 is 23.9 Å². The van der Waals surface area contributed by atoms with Gasteiger partial charge in [-0.1, -0.05) is 50.6 Å². The molecule has 6 aliphatic heterocycles. The summed E-state index contributed by atoms with van der Waals surface area (Å²) >= 11 is 0. The van der Waals surface area contributed by atoms with E-state index in [1.807, 2.05) is 39.0 Å². The van der Waals surface area contributed by atoms with Crippen molar-refractivity contribution in [2.24, 2.45) is 46.8 Å². The quantitative estimate of drug-likeness (QED) is 0.0284. The fourth-order valence-corrected chi connectivity index (χ4v) is 17.2. The minimum Gasteiger partial charge on any atom is -0.511 e. The van der Waals surface area contributed by atoms with Gasteiger partial charge in [0.1, 0.15) is 23.5 Å². The summed E-state index contributed by atoms with van der Waals surface area (Å²) in [5, 5.41) is 69.9. The number of Topliss-reactive ketones (excluding diaryl/α,β-unsaturated/α-hetero) is 1. The molecule has 2 bridgehead atoms. The maximum Gasteiger partial charge on any atom is 0.346 e. The molecule has 10 aliphatic rings. The van der Waals surface area contributed by atoms with E-state index in [1.165, 1.54) is 27.0 Å². The van der Waals surface area contributed by atoms with E-state index in [0.717, 1.165) is 6.08 Å². The van der Waals surface area contributed by atoms with Crippen LogP contribution in [0.2, 0.25) is 0 Å². The smallest absolute Gasteiger partial charge is 0.346 e. The predicted octanol–water partition coefficient (Wildman–Crippen LogP) is 6.70. The summed E-state index contributed by atoms with van der Waals surface area (Å²) in [6, 6.07) is 0. The summed E-state index contributed by atoms with van der Waals surface area (Å²) in [5.41, 5.74) is -5.57. The molecule has 0 aromatic rings. The average Bonchev–Trinajstić information content (AvgIpc) is 1.37. The average molecular weight is 1330 g/mol. The first-order valence-corrected chi connectivity index (χ1v) is 33.4. The van der Waals surface area contributed by atoms with E-state index in [-0.39, 0.29) is 43.9 Å². The number of allylic oxidation sites excluding steroid dienone is 3. The van der Waals surface area contributed by atoms with Crippen molar-refractivity contribution < 1.29 is 116 Å². The number of carboxylic acid groups (broad SMARTS) is 1. The lowest BCUT2D eigenvalue weighted by molar-refractivity contribution is -0.592. The largest absolute Gasteiger partial charge is 0.511 e. The van der Waals surface area contributed by atoms with E-state index < -0.39 is 221 Å². The van der Waals surface area contributed by atoms with E-state index in [9.17, 15) is 54.8 Å².